The van der Waals surface area contributed by atoms with Gasteiger partial charge in [0.2, 0.25) is 5.43 Å². The van der Waals surface area contributed by atoms with E-state index < -0.39 is 11.9 Å². The normalized spacial score (nSPS) is 11.5. The molecule has 0 unspecified atom stereocenters. The standard InChI is InChI=1S/C32H30Br4O6.C16H36N/c1-2-3-4-5-6-7-8-9-10-15-24(37)41-32(40)19-14-12-11-13-18(19)25-20-16-22(33)28(38)26(35)30(20)42-31-21(25)17-23(34)29(39)27(31)36;1-5-9-13-17(14-10-6-2,15-11-7-3)16-12-8-4/h11-14,16-17,38H,2-10,15H2,1H3;5-16H2,1-4H3/q;+1/p-1. The van der Waals surface area contributed by atoms with Crippen molar-refractivity contribution < 1.29 is 28.3 Å². The maximum absolute atomic E-state index is 13.4. The minimum Gasteiger partial charge on any atom is -0.871 e. The third kappa shape index (κ3) is 15.1. The fourth-order valence-corrected chi connectivity index (χ4v) is 9.99. The lowest BCUT2D eigenvalue weighted by Crippen LogP contribution is -2.50. The van der Waals surface area contributed by atoms with Crippen LogP contribution in [0.25, 0.3) is 33.4 Å². The Kier molecular flexibility index (Phi) is 23.6. The largest absolute Gasteiger partial charge is 0.871 e. The van der Waals surface area contributed by atoms with Gasteiger partial charge in [-0.05, 0) is 104 Å². The number of esters is 2. The maximum Gasteiger partial charge on any atom is 0.346 e. The van der Waals surface area contributed by atoms with E-state index in [1.165, 1.54) is 114 Å². The maximum atomic E-state index is 13.4. The molecule has 0 N–H and O–H groups in total. The van der Waals surface area contributed by atoms with Crippen LogP contribution >= 0.6 is 63.7 Å². The first kappa shape index (κ1) is 51.3. The Balaban J connectivity index is 0.000000462. The summed E-state index contributed by atoms with van der Waals surface area (Å²) in [7, 11) is 0. The average molecular weight is 1070 g/mol. The summed E-state index contributed by atoms with van der Waals surface area (Å²) in [6.07, 6.45) is 21.3. The molecule has 0 aromatic heterocycles. The van der Waals surface area contributed by atoms with Gasteiger partial charge in [0.25, 0.3) is 0 Å². The summed E-state index contributed by atoms with van der Waals surface area (Å²) >= 11 is 13.3. The number of rotatable bonds is 24. The van der Waals surface area contributed by atoms with Crippen LogP contribution in [0.2, 0.25) is 0 Å². The van der Waals surface area contributed by atoms with Crippen molar-refractivity contribution in [1.82, 2.24) is 0 Å². The van der Waals surface area contributed by atoms with Gasteiger partial charge in [-0.2, -0.15) is 0 Å². The number of halogens is 4. The second-order valence-corrected chi connectivity index (χ2v) is 19.1. The molecule has 2 aliphatic rings. The van der Waals surface area contributed by atoms with Crippen LogP contribution in [0, 0.1) is 0 Å². The molecular weight excluding hydrogens is 1010 g/mol. The first-order chi connectivity index (χ1) is 28.4. The van der Waals surface area contributed by atoms with Crippen molar-refractivity contribution >= 4 is 86.6 Å². The number of unbranched alkanes of at least 4 members (excludes halogenated alkanes) is 12. The minimum atomic E-state index is -0.772. The fraction of sp³-hybridized carbons (Fsp3) is 0.562. The van der Waals surface area contributed by atoms with E-state index in [2.05, 4.69) is 98.3 Å². The van der Waals surface area contributed by atoms with Crippen molar-refractivity contribution in [3.63, 3.8) is 0 Å². The highest BCUT2D eigenvalue weighted by molar-refractivity contribution is 9.11. The van der Waals surface area contributed by atoms with Crippen LogP contribution in [-0.2, 0) is 9.53 Å². The van der Waals surface area contributed by atoms with Gasteiger partial charge < -0.3 is 18.7 Å². The van der Waals surface area contributed by atoms with Crippen molar-refractivity contribution in [3.8, 4) is 28.2 Å². The molecule has 1 heterocycles. The Morgan fingerprint density at radius 3 is 1.69 bits per heavy atom. The number of carbonyl (C=O) groups is 2. The summed E-state index contributed by atoms with van der Waals surface area (Å²) in [6, 6.07) is 10.00. The Morgan fingerprint density at radius 2 is 1.15 bits per heavy atom. The number of ether oxygens (including phenoxy) is 1. The van der Waals surface area contributed by atoms with Gasteiger partial charge in [-0.15, -0.1) is 0 Å². The zero-order valence-corrected chi connectivity index (χ0v) is 42.3. The third-order valence-electron chi connectivity index (χ3n) is 11.1. The summed E-state index contributed by atoms with van der Waals surface area (Å²) in [4.78, 5) is 38.7. The van der Waals surface area contributed by atoms with E-state index in [1.807, 2.05) is 0 Å². The lowest BCUT2D eigenvalue weighted by molar-refractivity contribution is -0.929. The van der Waals surface area contributed by atoms with Gasteiger partial charge in [-0.1, -0.05) is 152 Å². The van der Waals surface area contributed by atoms with E-state index in [9.17, 15) is 19.5 Å². The number of fused-ring (bicyclic) bond motifs is 2. The molecule has 0 saturated carbocycles. The van der Waals surface area contributed by atoms with Crippen LogP contribution in [-0.4, -0.2) is 42.6 Å². The highest BCUT2D eigenvalue weighted by Gasteiger charge is 2.28. The molecule has 0 fully saturated rings. The molecular formula is C48H65Br4NO6. The first-order valence-electron chi connectivity index (χ1n) is 22.0. The monoisotopic (exact) mass is 1070 g/mol. The number of carbonyl (C=O) groups excluding carboxylic acids is 2. The summed E-state index contributed by atoms with van der Waals surface area (Å²) < 4.78 is 13.7. The van der Waals surface area contributed by atoms with Gasteiger partial charge in [0.1, 0.15) is 10.1 Å². The van der Waals surface area contributed by atoms with Gasteiger partial charge >= 0.3 is 11.9 Å². The lowest BCUT2D eigenvalue weighted by Gasteiger charge is -2.39. The second-order valence-electron chi connectivity index (χ2n) is 15.8. The summed E-state index contributed by atoms with van der Waals surface area (Å²) in [5.74, 6) is -1.47. The molecule has 0 spiro atoms. The Bertz CT molecular complexity index is 1920. The molecule has 0 bridgehead atoms. The molecule has 0 atom stereocenters. The molecule has 0 saturated heterocycles. The Hall–Kier alpha value is -2.05. The number of benzene rings is 3. The van der Waals surface area contributed by atoms with Crippen molar-refractivity contribution in [2.45, 2.75) is 150 Å². The van der Waals surface area contributed by atoms with Gasteiger partial charge in [0.15, 0.2) is 5.76 Å². The van der Waals surface area contributed by atoms with Gasteiger partial charge in [-0.3, -0.25) is 9.59 Å². The average Bonchev–Trinajstić information content (AvgIpc) is 3.23. The molecule has 11 heteroatoms. The summed E-state index contributed by atoms with van der Waals surface area (Å²) in [5, 5.41) is 13.2. The predicted octanol–water partition coefficient (Wildman–Crippen LogP) is 15.3. The Labute approximate surface area is 386 Å². The van der Waals surface area contributed by atoms with Crippen molar-refractivity contribution in [3.05, 3.63) is 70.1 Å². The number of quaternary nitrogens is 1. The van der Waals surface area contributed by atoms with E-state index in [1.54, 1.807) is 36.4 Å². The van der Waals surface area contributed by atoms with Crippen molar-refractivity contribution in [2.24, 2.45) is 0 Å². The molecule has 59 heavy (non-hydrogen) atoms. The predicted molar refractivity (Wildman–Crippen MR) is 256 cm³/mol. The highest BCUT2D eigenvalue weighted by Crippen LogP contribution is 2.48. The van der Waals surface area contributed by atoms with Gasteiger partial charge in [0.05, 0.1) is 40.7 Å². The van der Waals surface area contributed by atoms with Crippen LogP contribution < -0.4 is 10.5 Å². The van der Waals surface area contributed by atoms with Crippen LogP contribution in [0.5, 0.6) is 5.75 Å². The summed E-state index contributed by atoms with van der Waals surface area (Å²) in [5.41, 5.74) is 1.55. The quantitative estimate of drug-likeness (QED) is 0.0228. The van der Waals surface area contributed by atoms with E-state index in [4.69, 9.17) is 9.15 Å². The molecule has 1 aliphatic heterocycles. The fourth-order valence-electron chi connectivity index (χ4n) is 7.59. The smallest absolute Gasteiger partial charge is 0.346 e. The number of hydrogen-bond acceptors (Lipinski definition) is 6. The Morgan fingerprint density at radius 1 is 0.644 bits per heavy atom. The van der Waals surface area contributed by atoms with Crippen LogP contribution in [0.3, 0.4) is 0 Å². The molecule has 2 aromatic carbocycles. The second kappa shape index (κ2) is 27.1. The van der Waals surface area contributed by atoms with Crippen molar-refractivity contribution in [1.29, 1.82) is 0 Å². The third-order valence-corrected chi connectivity index (χ3v) is 13.7. The highest BCUT2D eigenvalue weighted by atomic mass is 79.9. The lowest BCUT2D eigenvalue weighted by atomic mass is 9.91. The molecule has 326 valence electrons. The van der Waals surface area contributed by atoms with E-state index in [0.717, 1.165) is 19.3 Å². The van der Waals surface area contributed by atoms with Gasteiger partial charge in [0, 0.05) is 27.4 Å². The molecule has 7 nitrogen and oxygen atoms in total. The zero-order chi connectivity index (χ0) is 43.4. The molecule has 0 radical (unpaired) electrons. The molecule has 2 aromatic rings. The van der Waals surface area contributed by atoms with Gasteiger partial charge in [-0.25, -0.2) is 4.79 Å². The van der Waals surface area contributed by atoms with Crippen LogP contribution in [0.1, 0.15) is 161 Å². The molecule has 0 amide bonds. The summed E-state index contributed by atoms with van der Waals surface area (Å²) in [6.45, 7) is 17.2. The van der Waals surface area contributed by atoms with E-state index in [-0.39, 0.29) is 52.4 Å². The topological polar surface area (TPSA) is 96.6 Å². The van der Waals surface area contributed by atoms with Crippen molar-refractivity contribution in [2.75, 3.05) is 26.2 Å². The van der Waals surface area contributed by atoms with E-state index >= 15 is 0 Å². The van der Waals surface area contributed by atoms with Crippen LogP contribution in [0.15, 0.2) is 63.5 Å². The van der Waals surface area contributed by atoms with Crippen LogP contribution in [0.4, 0.5) is 0 Å². The number of nitrogens with zero attached hydrogens (tertiary/aromatic N) is 1. The SMILES string of the molecule is CCCCCCCCCCCC(=O)OC(=O)c1ccccc1-c1c2cc(Br)c(=O)c(Br)c-2oc2c(Br)c([O-])c(Br)cc12.CCCC[N+](CCCC)(CCCC)CCCC. The number of hydrogen-bond donors (Lipinski definition) is 0. The first-order valence-corrected chi connectivity index (χ1v) is 25.2. The molecule has 1 aliphatic carbocycles. The zero-order valence-electron chi connectivity index (χ0n) is 35.9. The minimum absolute atomic E-state index is 0.161. The molecule has 4 rings (SSSR count). The van der Waals surface area contributed by atoms with E-state index in [0.29, 0.717) is 28.5 Å².